The lowest BCUT2D eigenvalue weighted by atomic mass is 9.78. The molecule has 1 heterocycles. The summed E-state index contributed by atoms with van der Waals surface area (Å²) in [5.74, 6) is -0.969. The molecule has 3 N–H and O–H groups in total. The molecule has 5 nitrogen and oxygen atoms in total. The molecule has 5 heteroatoms. The number of carboxylic acids is 1. The summed E-state index contributed by atoms with van der Waals surface area (Å²) in [6.07, 6.45) is 6.30. The molecule has 0 bridgehead atoms. The molecule has 114 valence electrons. The second-order valence-corrected chi connectivity index (χ2v) is 6.93. The van der Waals surface area contributed by atoms with Crippen molar-refractivity contribution in [2.75, 3.05) is 19.6 Å². The van der Waals surface area contributed by atoms with Crippen molar-refractivity contribution in [3.8, 4) is 0 Å². The summed E-state index contributed by atoms with van der Waals surface area (Å²) in [4.78, 5) is 13.5. The van der Waals surface area contributed by atoms with Crippen molar-refractivity contribution in [2.45, 2.75) is 62.6 Å². The minimum absolute atomic E-state index is 0.257. The van der Waals surface area contributed by atoms with Crippen molar-refractivity contribution in [3.63, 3.8) is 0 Å². The number of aliphatic carboxylic acids is 1. The molecule has 0 aromatic carbocycles. The van der Waals surface area contributed by atoms with E-state index >= 15 is 0 Å². The quantitative estimate of drug-likeness (QED) is 0.696. The van der Waals surface area contributed by atoms with Crippen LogP contribution < -0.4 is 5.32 Å². The maximum atomic E-state index is 10.9. The fraction of sp³-hybridized carbons (Fsp3) is 0.933. The Bertz CT molecular complexity index is 362. The average molecular weight is 282 g/mol. The Balaban J connectivity index is 1.41. The summed E-state index contributed by atoms with van der Waals surface area (Å²) in [6.45, 7) is 2.91. The zero-order valence-electron chi connectivity index (χ0n) is 12.1. The average Bonchev–Trinajstić information content (AvgIpc) is 3.16. The van der Waals surface area contributed by atoms with Crippen LogP contribution in [0.4, 0.5) is 0 Å². The van der Waals surface area contributed by atoms with Crippen LogP contribution in [0.1, 0.15) is 44.9 Å². The molecule has 0 amide bonds. The van der Waals surface area contributed by atoms with Crippen LogP contribution >= 0.6 is 0 Å². The van der Waals surface area contributed by atoms with Gasteiger partial charge in [-0.25, -0.2) is 0 Å². The van der Waals surface area contributed by atoms with Crippen molar-refractivity contribution >= 4 is 5.97 Å². The van der Waals surface area contributed by atoms with Crippen molar-refractivity contribution < 1.29 is 15.0 Å². The molecular formula is C15H26N2O3. The van der Waals surface area contributed by atoms with Gasteiger partial charge in [-0.05, 0) is 44.9 Å². The first-order valence-corrected chi connectivity index (χ1v) is 7.98. The van der Waals surface area contributed by atoms with Crippen LogP contribution in [-0.2, 0) is 4.79 Å². The first kappa shape index (κ1) is 14.3. The van der Waals surface area contributed by atoms with Gasteiger partial charge in [-0.3, -0.25) is 9.69 Å². The number of likely N-dealkylation sites (tertiary alicyclic amines) is 1. The number of carboxylic acid groups (broad SMARTS) is 1. The van der Waals surface area contributed by atoms with E-state index in [0.29, 0.717) is 38.3 Å². The number of nitrogens with zero attached hydrogens (tertiary/aromatic N) is 1. The monoisotopic (exact) mass is 282 g/mol. The van der Waals surface area contributed by atoms with Crippen LogP contribution in [0, 0.1) is 5.92 Å². The molecule has 0 aromatic heterocycles. The van der Waals surface area contributed by atoms with E-state index in [0.717, 1.165) is 12.6 Å². The Kier molecular flexibility index (Phi) is 4.02. The smallest absolute Gasteiger partial charge is 0.306 e. The lowest BCUT2D eigenvalue weighted by Crippen LogP contribution is -2.48. The first-order chi connectivity index (χ1) is 9.56. The second kappa shape index (κ2) is 5.62. The molecular weight excluding hydrogens is 256 g/mol. The largest absolute Gasteiger partial charge is 0.481 e. The predicted octanol–water partition coefficient (Wildman–Crippen LogP) is 0.819. The summed E-state index contributed by atoms with van der Waals surface area (Å²) in [6, 6.07) is 1.33. The summed E-state index contributed by atoms with van der Waals surface area (Å²) in [7, 11) is 0. The van der Waals surface area contributed by atoms with E-state index in [4.69, 9.17) is 5.11 Å². The van der Waals surface area contributed by atoms with E-state index in [9.17, 15) is 9.90 Å². The molecule has 0 spiro atoms. The lowest BCUT2D eigenvalue weighted by molar-refractivity contribution is -0.144. The van der Waals surface area contributed by atoms with Crippen LogP contribution in [0.5, 0.6) is 0 Å². The molecule has 2 aliphatic carbocycles. The molecule has 0 aromatic rings. The molecule has 3 fully saturated rings. The molecule has 1 aliphatic heterocycles. The van der Waals surface area contributed by atoms with Crippen LogP contribution in [0.3, 0.4) is 0 Å². The summed E-state index contributed by atoms with van der Waals surface area (Å²) >= 11 is 0. The first-order valence-electron chi connectivity index (χ1n) is 7.98. The minimum atomic E-state index is -0.712. The van der Waals surface area contributed by atoms with Crippen molar-refractivity contribution in [3.05, 3.63) is 0 Å². The third-order valence-corrected chi connectivity index (χ3v) is 5.27. The van der Waals surface area contributed by atoms with Gasteiger partial charge in [-0.1, -0.05) is 0 Å². The van der Waals surface area contributed by atoms with Gasteiger partial charge in [0.1, 0.15) is 0 Å². The molecule has 3 rings (SSSR count). The maximum absolute atomic E-state index is 10.9. The van der Waals surface area contributed by atoms with Gasteiger partial charge in [0.25, 0.3) is 0 Å². The van der Waals surface area contributed by atoms with Gasteiger partial charge < -0.3 is 15.5 Å². The minimum Gasteiger partial charge on any atom is -0.481 e. The van der Waals surface area contributed by atoms with Gasteiger partial charge in [0, 0.05) is 31.7 Å². The van der Waals surface area contributed by atoms with E-state index in [1.54, 1.807) is 0 Å². The number of carbonyl (C=O) groups is 1. The third-order valence-electron chi connectivity index (χ3n) is 5.27. The van der Waals surface area contributed by atoms with Crippen molar-refractivity contribution in [1.29, 1.82) is 0 Å². The maximum Gasteiger partial charge on any atom is 0.306 e. The molecule has 3 aliphatic rings. The van der Waals surface area contributed by atoms with Crippen LogP contribution in [0.25, 0.3) is 0 Å². The van der Waals surface area contributed by atoms with E-state index in [1.807, 2.05) is 0 Å². The highest BCUT2D eigenvalue weighted by atomic mass is 16.4. The molecule has 20 heavy (non-hydrogen) atoms. The zero-order valence-corrected chi connectivity index (χ0v) is 12.1. The molecule has 1 atom stereocenters. The Hall–Kier alpha value is -0.650. The standard InChI is InChI=1S/C15H26N2O3/c18-14(19)11-3-6-15(20,7-4-11)10-16-12-5-8-17(9-12)13-1-2-13/h11-13,16,20H,1-10H2,(H,18,19). The number of hydrogen-bond acceptors (Lipinski definition) is 4. The van der Waals surface area contributed by atoms with Gasteiger partial charge >= 0.3 is 5.97 Å². The Morgan fingerprint density at radius 2 is 1.90 bits per heavy atom. The Morgan fingerprint density at radius 1 is 1.20 bits per heavy atom. The van der Waals surface area contributed by atoms with E-state index in [1.165, 1.54) is 25.8 Å². The molecule has 0 radical (unpaired) electrons. The predicted molar refractivity (Wildman–Crippen MR) is 75.5 cm³/mol. The fourth-order valence-electron chi connectivity index (χ4n) is 3.64. The molecule has 1 unspecified atom stereocenters. The van der Waals surface area contributed by atoms with Crippen LogP contribution in [-0.4, -0.2) is 58.4 Å². The fourth-order valence-corrected chi connectivity index (χ4v) is 3.64. The highest BCUT2D eigenvalue weighted by Crippen LogP contribution is 2.33. The van der Waals surface area contributed by atoms with E-state index in [-0.39, 0.29) is 5.92 Å². The van der Waals surface area contributed by atoms with E-state index in [2.05, 4.69) is 10.2 Å². The number of nitrogens with one attached hydrogen (secondary N) is 1. The molecule has 2 saturated carbocycles. The van der Waals surface area contributed by atoms with Gasteiger partial charge in [0.2, 0.25) is 0 Å². The highest BCUT2D eigenvalue weighted by molar-refractivity contribution is 5.70. The van der Waals surface area contributed by atoms with Crippen LogP contribution in [0.2, 0.25) is 0 Å². The van der Waals surface area contributed by atoms with Crippen molar-refractivity contribution in [2.24, 2.45) is 5.92 Å². The summed E-state index contributed by atoms with van der Waals surface area (Å²) in [5, 5.41) is 23.1. The van der Waals surface area contributed by atoms with Crippen LogP contribution in [0.15, 0.2) is 0 Å². The normalized spacial score (nSPS) is 39.0. The second-order valence-electron chi connectivity index (χ2n) is 6.93. The van der Waals surface area contributed by atoms with Gasteiger partial charge in [0.05, 0.1) is 11.5 Å². The Morgan fingerprint density at radius 3 is 2.50 bits per heavy atom. The van der Waals surface area contributed by atoms with Gasteiger partial charge in [-0.15, -0.1) is 0 Å². The van der Waals surface area contributed by atoms with Crippen molar-refractivity contribution in [1.82, 2.24) is 10.2 Å². The number of aliphatic hydroxyl groups is 1. The number of hydrogen-bond donors (Lipinski definition) is 3. The van der Waals surface area contributed by atoms with Gasteiger partial charge in [-0.2, -0.15) is 0 Å². The number of rotatable bonds is 5. The zero-order chi connectivity index (χ0) is 14.2. The third kappa shape index (κ3) is 3.32. The lowest BCUT2D eigenvalue weighted by Gasteiger charge is -2.35. The molecule has 1 saturated heterocycles. The van der Waals surface area contributed by atoms with E-state index < -0.39 is 11.6 Å². The summed E-state index contributed by atoms with van der Waals surface area (Å²) in [5.41, 5.74) is -0.695. The summed E-state index contributed by atoms with van der Waals surface area (Å²) < 4.78 is 0. The Labute approximate surface area is 120 Å². The SMILES string of the molecule is O=C(O)C1CCC(O)(CNC2CCN(C3CC3)C2)CC1. The topological polar surface area (TPSA) is 72.8 Å². The van der Waals surface area contributed by atoms with Gasteiger partial charge in [0.15, 0.2) is 0 Å². The highest BCUT2D eigenvalue weighted by Gasteiger charge is 2.38.